The Kier molecular flexibility index (Phi) is 2.37. The van der Waals surface area contributed by atoms with E-state index < -0.39 is 22.2 Å². The molecule has 1 rings (SSSR count). The summed E-state index contributed by atoms with van der Waals surface area (Å²) >= 11 is 2.69. The maximum Gasteiger partial charge on any atom is 0.307 e. The summed E-state index contributed by atoms with van der Waals surface area (Å²) in [7, 11) is 0. The minimum atomic E-state index is -1.45. The molecule has 1 aromatic carbocycles. The Balaban J connectivity index is 3.36. The minimum Gasteiger partial charge on any atom is -0.258 e. The van der Waals surface area contributed by atoms with Gasteiger partial charge in [-0.05, 0) is 22.0 Å². The van der Waals surface area contributed by atoms with Gasteiger partial charge in [0.2, 0.25) is 5.82 Å². The van der Waals surface area contributed by atoms with Gasteiger partial charge in [-0.2, -0.15) is 4.39 Å². The van der Waals surface area contributed by atoms with Crippen LogP contribution in [-0.4, -0.2) is 4.92 Å². The van der Waals surface area contributed by atoms with Crippen molar-refractivity contribution >= 4 is 21.6 Å². The van der Waals surface area contributed by atoms with Crippen molar-refractivity contribution in [3.05, 3.63) is 38.4 Å². The molecule has 0 saturated heterocycles. The fourth-order valence-electron chi connectivity index (χ4n) is 0.657. The van der Waals surface area contributed by atoms with Crippen LogP contribution in [0.25, 0.3) is 0 Å². The fraction of sp³-hybridized carbons (Fsp3) is 0. The summed E-state index contributed by atoms with van der Waals surface area (Å²) in [6.45, 7) is 0. The number of nitro groups is 1. The smallest absolute Gasteiger partial charge is 0.258 e. The van der Waals surface area contributed by atoms with E-state index in [9.17, 15) is 18.9 Å². The van der Waals surface area contributed by atoms with Gasteiger partial charge in [0.1, 0.15) is 0 Å². The van der Waals surface area contributed by atoms with Gasteiger partial charge in [-0.3, -0.25) is 10.1 Å². The van der Waals surface area contributed by atoms with Crippen LogP contribution in [0.2, 0.25) is 0 Å². The second-order valence-corrected chi connectivity index (χ2v) is 2.81. The van der Waals surface area contributed by atoms with Crippen molar-refractivity contribution in [3.8, 4) is 0 Å². The van der Waals surface area contributed by atoms with Crippen LogP contribution in [0, 0.1) is 21.7 Å². The number of nitro benzene ring substituents is 1. The number of hydrogen-bond acceptors (Lipinski definition) is 2. The van der Waals surface area contributed by atoms with E-state index in [1.54, 1.807) is 0 Å². The normalized spacial score (nSPS) is 9.92. The SMILES string of the molecule is O=[N+]([O-])c1ccc(Br)c(F)c1F. The van der Waals surface area contributed by atoms with Crippen LogP contribution in [0.5, 0.6) is 0 Å². The molecule has 0 aliphatic rings. The molecule has 0 saturated carbocycles. The van der Waals surface area contributed by atoms with Gasteiger partial charge in [-0.25, -0.2) is 4.39 Å². The molecule has 0 bridgehead atoms. The van der Waals surface area contributed by atoms with E-state index in [0.29, 0.717) is 0 Å². The second kappa shape index (κ2) is 3.14. The largest absolute Gasteiger partial charge is 0.307 e. The highest BCUT2D eigenvalue weighted by molar-refractivity contribution is 9.10. The topological polar surface area (TPSA) is 43.1 Å². The number of halogens is 3. The summed E-state index contributed by atoms with van der Waals surface area (Å²) in [6, 6.07) is 1.97. The van der Waals surface area contributed by atoms with E-state index in [1.807, 2.05) is 0 Å². The molecule has 6 heteroatoms. The maximum atomic E-state index is 12.7. The van der Waals surface area contributed by atoms with Gasteiger partial charge < -0.3 is 0 Å². The van der Waals surface area contributed by atoms with Crippen LogP contribution in [-0.2, 0) is 0 Å². The van der Waals surface area contributed by atoms with Gasteiger partial charge in [0.15, 0.2) is 5.82 Å². The molecule has 64 valence electrons. The average Bonchev–Trinajstić information content (AvgIpc) is 2.00. The Hall–Kier alpha value is -1.04. The highest BCUT2D eigenvalue weighted by atomic mass is 79.9. The quantitative estimate of drug-likeness (QED) is 0.428. The third-order valence-corrected chi connectivity index (χ3v) is 1.82. The van der Waals surface area contributed by atoms with Crippen molar-refractivity contribution in [1.29, 1.82) is 0 Å². The molecule has 0 heterocycles. The van der Waals surface area contributed by atoms with Crippen molar-refractivity contribution in [2.24, 2.45) is 0 Å². The standard InChI is InChI=1S/C6H2BrF2NO2/c7-3-1-2-4(10(11)12)6(9)5(3)8/h1-2H. The van der Waals surface area contributed by atoms with Crippen molar-refractivity contribution in [2.75, 3.05) is 0 Å². The highest BCUT2D eigenvalue weighted by Crippen LogP contribution is 2.25. The predicted octanol–water partition coefficient (Wildman–Crippen LogP) is 2.64. The number of hydrogen-bond donors (Lipinski definition) is 0. The van der Waals surface area contributed by atoms with Crippen molar-refractivity contribution in [2.45, 2.75) is 0 Å². The van der Waals surface area contributed by atoms with E-state index in [0.717, 1.165) is 12.1 Å². The minimum absolute atomic E-state index is 0.134. The maximum absolute atomic E-state index is 12.7. The zero-order valence-electron chi connectivity index (χ0n) is 5.55. The molecule has 0 N–H and O–H groups in total. The lowest BCUT2D eigenvalue weighted by Crippen LogP contribution is -1.95. The lowest BCUT2D eigenvalue weighted by Gasteiger charge is -1.96. The molecule has 0 radical (unpaired) electrons. The van der Waals surface area contributed by atoms with Crippen LogP contribution in [0.3, 0.4) is 0 Å². The number of rotatable bonds is 1. The summed E-state index contributed by atoms with van der Waals surface area (Å²) in [5.41, 5.74) is -0.865. The molecular weight excluding hydrogens is 236 g/mol. The Bertz CT molecular complexity index is 343. The van der Waals surface area contributed by atoms with Gasteiger partial charge in [0.05, 0.1) is 9.40 Å². The molecule has 0 aliphatic carbocycles. The van der Waals surface area contributed by atoms with E-state index in [1.165, 1.54) is 0 Å². The molecule has 1 aromatic rings. The van der Waals surface area contributed by atoms with E-state index in [4.69, 9.17) is 0 Å². The molecule has 0 amide bonds. The third-order valence-electron chi connectivity index (χ3n) is 1.21. The Labute approximate surface area is 74.3 Å². The van der Waals surface area contributed by atoms with Gasteiger partial charge in [0, 0.05) is 6.07 Å². The summed E-state index contributed by atoms with van der Waals surface area (Å²) in [5, 5.41) is 10.1. The first-order valence-corrected chi connectivity index (χ1v) is 3.61. The summed E-state index contributed by atoms with van der Waals surface area (Å²) in [5.74, 6) is -2.70. The van der Waals surface area contributed by atoms with Crippen molar-refractivity contribution in [1.82, 2.24) is 0 Å². The average molecular weight is 238 g/mol. The second-order valence-electron chi connectivity index (χ2n) is 1.95. The molecule has 0 unspecified atom stereocenters. The first-order valence-electron chi connectivity index (χ1n) is 2.82. The van der Waals surface area contributed by atoms with Crippen LogP contribution in [0.4, 0.5) is 14.5 Å². The van der Waals surface area contributed by atoms with Crippen LogP contribution >= 0.6 is 15.9 Å². The van der Waals surface area contributed by atoms with Crippen LogP contribution in [0.1, 0.15) is 0 Å². The summed E-state index contributed by atoms with van der Waals surface area (Å²) < 4.78 is 25.2. The Morgan fingerprint density at radius 2 is 1.92 bits per heavy atom. The summed E-state index contributed by atoms with van der Waals surface area (Å²) in [6.07, 6.45) is 0. The Morgan fingerprint density at radius 1 is 1.33 bits per heavy atom. The van der Waals surface area contributed by atoms with E-state index in [-0.39, 0.29) is 4.47 Å². The fourth-order valence-corrected chi connectivity index (χ4v) is 0.963. The number of benzene rings is 1. The van der Waals surface area contributed by atoms with Gasteiger partial charge in [0.25, 0.3) is 0 Å². The predicted molar refractivity (Wildman–Crippen MR) is 40.7 cm³/mol. The van der Waals surface area contributed by atoms with Crippen molar-refractivity contribution in [3.63, 3.8) is 0 Å². The zero-order valence-corrected chi connectivity index (χ0v) is 7.14. The van der Waals surface area contributed by atoms with E-state index in [2.05, 4.69) is 15.9 Å². The van der Waals surface area contributed by atoms with Gasteiger partial charge in [-0.1, -0.05) is 0 Å². The lowest BCUT2D eigenvalue weighted by molar-refractivity contribution is -0.387. The summed E-state index contributed by atoms with van der Waals surface area (Å²) in [4.78, 5) is 9.09. The van der Waals surface area contributed by atoms with E-state index >= 15 is 0 Å². The van der Waals surface area contributed by atoms with Crippen LogP contribution < -0.4 is 0 Å². The third kappa shape index (κ3) is 1.42. The lowest BCUT2D eigenvalue weighted by atomic mass is 10.3. The molecule has 3 nitrogen and oxygen atoms in total. The molecule has 0 atom stereocenters. The van der Waals surface area contributed by atoms with Gasteiger partial charge >= 0.3 is 5.69 Å². The molecular formula is C6H2BrF2NO2. The number of nitrogens with zero attached hydrogens (tertiary/aromatic N) is 1. The highest BCUT2D eigenvalue weighted by Gasteiger charge is 2.19. The molecule has 0 fully saturated rings. The zero-order chi connectivity index (χ0) is 9.30. The molecule has 12 heavy (non-hydrogen) atoms. The van der Waals surface area contributed by atoms with Gasteiger partial charge in [-0.15, -0.1) is 0 Å². The monoisotopic (exact) mass is 237 g/mol. The molecule has 0 aliphatic heterocycles. The van der Waals surface area contributed by atoms with Crippen LogP contribution in [0.15, 0.2) is 16.6 Å². The molecule has 0 spiro atoms. The first-order chi connectivity index (χ1) is 5.54. The first kappa shape index (κ1) is 9.05. The van der Waals surface area contributed by atoms with Crippen molar-refractivity contribution < 1.29 is 13.7 Å². The molecule has 0 aromatic heterocycles. The Morgan fingerprint density at radius 3 is 2.42 bits per heavy atom.